The Kier molecular flexibility index (Phi) is 5.43. The second-order valence-corrected chi connectivity index (χ2v) is 6.67. The fourth-order valence-electron chi connectivity index (χ4n) is 3.02. The molecule has 0 unspecified atom stereocenters. The fraction of sp³-hybridized carbons (Fsp3) is 0.0870. The predicted octanol–water partition coefficient (Wildman–Crippen LogP) is 3.53. The van der Waals surface area contributed by atoms with Gasteiger partial charge in [-0.25, -0.2) is 4.98 Å². The molecule has 0 fully saturated rings. The summed E-state index contributed by atoms with van der Waals surface area (Å²) in [4.78, 5) is 29.0. The minimum absolute atomic E-state index is 0.191. The van der Waals surface area contributed by atoms with E-state index in [1.165, 1.54) is 0 Å². The molecule has 0 aliphatic carbocycles. The number of carbonyl (C=O) groups excluding carboxylic acids is 2. The van der Waals surface area contributed by atoms with Crippen LogP contribution < -0.4 is 15.4 Å². The summed E-state index contributed by atoms with van der Waals surface area (Å²) in [5, 5.41) is 5.71. The number of fused-ring (bicyclic) bond motifs is 1. The summed E-state index contributed by atoms with van der Waals surface area (Å²) in [6, 6.07) is 17.5. The first-order valence-electron chi connectivity index (χ1n) is 9.37. The summed E-state index contributed by atoms with van der Waals surface area (Å²) < 4.78 is 7.05. The summed E-state index contributed by atoms with van der Waals surface area (Å²) in [5.41, 5.74) is 3.40. The second-order valence-electron chi connectivity index (χ2n) is 6.67. The second kappa shape index (κ2) is 8.48. The summed E-state index contributed by atoms with van der Waals surface area (Å²) in [5.74, 6) is 0.172. The molecule has 0 saturated carbocycles. The van der Waals surface area contributed by atoms with Gasteiger partial charge in [-0.2, -0.15) is 0 Å². The molecule has 2 amide bonds. The van der Waals surface area contributed by atoms with E-state index in [2.05, 4.69) is 15.6 Å². The van der Waals surface area contributed by atoms with E-state index < -0.39 is 0 Å². The Labute approximate surface area is 173 Å². The number of pyridine rings is 1. The average Bonchev–Trinajstić information content (AvgIpc) is 3.26. The Bertz CT molecular complexity index is 1200. The molecule has 30 heavy (non-hydrogen) atoms. The Morgan fingerprint density at radius 2 is 1.80 bits per heavy atom. The van der Waals surface area contributed by atoms with Gasteiger partial charge in [0.2, 0.25) is 0 Å². The highest BCUT2D eigenvalue weighted by Gasteiger charge is 2.09. The lowest BCUT2D eigenvalue weighted by atomic mass is 10.1. The first-order valence-corrected chi connectivity index (χ1v) is 9.37. The van der Waals surface area contributed by atoms with Crippen LogP contribution in [-0.4, -0.2) is 28.3 Å². The van der Waals surface area contributed by atoms with Gasteiger partial charge >= 0.3 is 0 Å². The summed E-state index contributed by atoms with van der Waals surface area (Å²) in [6.07, 6.45) is 5.50. The van der Waals surface area contributed by atoms with Crippen molar-refractivity contribution in [3.8, 4) is 5.75 Å². The third-order valence-electron chi connectivity index (χ3n) is 4.65. The molecule has 2 N–H and O–H groups in total. The number of benzene rings is 2. The number of aromatic nitrogens is 2. The predicted molar refractivity (Wildman–Crippen MR) is 114 cm³/mol. The van der Waals surface area contributed by atoms with Gasteiger partial charge in [0.05, 0.1) is 7.11 Å². The number of nitrogens with one attached hydrogen (secondary N) is 2. The van der Waals surface area contributed by atoms with Gasteiger partial charge in [0.1, 0.15) is 11.4 Å². The number of rotatable bonds is 6. The van der Waals surface area contributed by atoms with Crippen molar-refractivity contribution in [3.63, 3.8) is 0 Å². The Hall–Kier alpha value is -4.13. The molecule has 0 atom stereocenters. The quantitative estimate of drug-likeness (QED) is 0.519. The zero-order chi connectivity index (χ0) is 20.9. The number of imidazole rings is 1. The Morgan fingerprint density at radius 3 is 2.60 bits per heavy atom. The number of nitrogens with zero attached hydrogens (tertiary/aromatic N) is 2. The molecular weight excluding hydrogens is 380 g/mol. The molecule has 150 valence electrons. The molecule has 0 spiro atoms. The molecule has 2 heterocycles. The van der Waals surface area contributed by atoms with E-state index in [0.29, 0.717) is 29.1 Å². The van der Waals surface area contributed by atoms with E-state index in [1.807, 2.05) is 28.9 Å². The van der Waals surface area contributed by atoms with Crippen LogP contribution in [0.1, 0.15) is 26.3 Å². The van der Waals surface area contributed by atoms with Crippen LogP contribution in [0, 0.1) is 0 Å². The molecule has 0 bridgehead atoms. The maximum Gasteiger partial charge on any atom is 0.255 e. The van der Waals surface area contributed by atoms with Crippen molar-refractivity contribution >= 4 is 23.1 Å². The van der Waals surface area contributed by atoms with Gasteiger partial charge in [-0.15, -0.1) is 0 Å². The number of methoxy groups -OCH3 is 1. The largest absolute Gasteiger partial charge is 0.497 e. The van der Waals surface area contributed by atoms with Crippen molar-refractivity contribution in [2.75, 3.05) is 12.4 Å². The summed E-state index contributed by atoms with van der Waals surface area (Å²) in [6.45, 7) is 0.399. The van der Waals surface area contributed by atoms with Crippen LogP contribution in [0.15, 0.2) is 79.3 Å². The smallest absolute Gasteiger partial charge is 0.255 e. The van der Waals surface area contributed by atoms with Crippen LogP contribution in [0.25, 0.3) is 5.65 Å². The molecule has 0 saturated heterocycles. The molecule has 0 radical (unpaired) electrons. The monoisotopic (exact) mass is 400 g/mol. The maximum atomic E-state index is 12.4. The lowest BCUT2D eigenvalue weighted by Gasteiger charge is -2.09. The van der Waals surface area contributed by atoms with E-state index in [9.17, 15) is 9.59 Å². The Balaban J connectivity index is 1.36. The molecule has 7 heteroatoms. The molecule has 0 aliphatic heterocycles. The van der Waals surface area contributed by atoms with E-state index in [0.717, 1.165) is 11.2 Å². The summed E-state index contributed by atoms with van der Waals surface area (Å²) >= 11 is 0. The van der Waals surface area contributed by atoms with Gasteiger partial charge in [0.25, 0.3) is 11.8 Å². The van der Waals surface area contributed by atoms with Gasteiger partial charge < -0.3 is 19.8 Å². The lowest BCUT2D eigenvalue weighted by molar-refractivity contribution is 0.0950. The maximum absolute atomic E-state index is 12.4. The minimum atomic E-state index is -0.250. The number of carbonyl (C=O) groups is 2. The molecule has 7 nitrogen and oxygen atoms in total. The van der Waals surface area contributed by atoms with Gasteiger partial charge in [-0.1, -0.05) is 6.07 Å². The first-order chi connectivity index (χ1) is 14.6. The van der Waals surface area contributed by atoms with Gasteiger partial charge in [-0.05, 0) is 60.2 Å². The van der Waals surface area contributed by atoms with Crippen molar-refractivity contribution in [3.05, 3.63) is 95.9 Å². The van der Waals surface area contributed by atoms with E-state index in [-0.39, 0.29) is 11.8 Å². The third kappa shape index (κ3) is 4.30. The van der Waals surface area contributed by atoms with Crippen molar-refractivity contribution < 1.29 is 14.3 Å². The van der Waals surface area contributed by atoms with Gasteiger partial charge in [0.15, 0.2) is 0 Å². The van der Waals surface area contributed by atoms with E-state index in [4.69, 9.17) is 4.74 Å². The SMILES string of the molecule is COc1cccc(C(=O)Nc2ccc(C(=O)NCc3ccn4ccnc4c3)cc2)c1. The van der Waals surface area contributed by atoms with E-state index in [1.54, 1.807) is 61.8 Å². The van der Waals surface area contributed by atoms with Crippen molar-refractivity contribution in [2.45, 2.75) is 6.54 Å². The first kappa shape index (κ1) is 19.2. The van der Waals surface area contributed by atoms with Crippen molar-refractivity contribution in [2.24, 2.45) is 0 Å². The number of anilines is 1. The lowest BCUT2D eigenvalue weighted by Crippen LogP contribution is -2.22. The summed E-state index contributed by atoms with van der Waals surface area (Å²) in [7, 11) is 1.55. The fourth-order valence-corrected chi connectivity index (χ4v) is 3.02. The van der Waals surface area contributed by atoms with Crippen LogP contribution in [-0.2, 0) is 6.54 Å². The third-order valence-corrected chi connectivity index (χ3v) is 4.65. The van der Waals surface area contributed by atoms with Crippen LogP contribution in [0.3, 0.4) is 0 Å². The van der Waals surface area contributed by atoms with Crippen LogP contribution in [0.5, 0.6) is 5.75 Å². The average molecular weight is 400 g/mol. The standard InChI is InChI=1S/C23H20N4O3/c1-30-20-4-2-3-18(14-20)23(29)26-19-7-5-17(6-8-19)22(28)25-15-16-9-11-27-12-10-24-21(27)13-16/h2-14H,15H2,1H3,(H,25,28)(H,26,29). The van der Waals surface area contributed by atoms with Gasteiger partial charge in [0, 0.05) is 41.9 Å². The van der Waals surface area contributed by atoms with Crippen molar-refractivity contribution in [1.82, 2.24) is 14.7 Å². The Morgan fingerprint density at radius 1 is 0.967 bits per heavy atom. The molecular formula is C23H20N4O3. The van der Waals surface area contributed by atoms with Crippen LogP contribution in [0.2, 0.25) is 0 Å². The minimum Gasteiger partial charge on any atom is -0.497 e. The highest BCUT2D eigenvalue weighted by molar-refractivity contribution is 6.04. The highest BCUT2D eigenvalue weighted by Crippen LogP contribution is 2.16. The number of hydrogen-bond acceptors (Lipinski definition) is 4. The van der Waals surface area contributed by atoms with Crippen LogP contribution >= 0.6 is 0 Å². The highest BCUT2D eigenvalue weighted by atomic mass is 16.5. The molecule has 4 aromatic rings. The molecule has 4 rings (SSSR count). The number of ether oxygens (including phenoxy) is 1. The normalized spacial score (nSPS) is 10.6. The molecule has 2 aromatic heterocycles. The molecule has 0 aliphatic rings. The zero-order valence-corrected chi connectivity index (χ0v) is 16.3. The zero-order valence-electron chi connectivity index (χ0n) is 16.3. The van der Waals surface area contributed by atoms with Crippen molar-refractivity contribution in [1.29, 1.82) is 0 Å². The number of amides is 2. The topological polar surface area (TPSA) is 84.7 Å². The van der Waals surface area contributed by atoms with Gasteiger partial charge in [-0.3, -0.25) is 9.59 Å². The molecule has 2 aromatic carbocycles. The number of hydrogen-bond donors (Lipinski definition) is 2. The van der Waals surface area contributed by atoms with E-state index >= 15 is 0 Å². The van der Waals surface area contributed by atoms with Crippen LogP contribution in [0.4, 0.5) is 5.69 Å².